The van der Waals surface area contributed by atoms with Crippen LogP contribution in [0.3, 0.4) is 0 Å². The summed E-state index contributed by atoms with van der Waals surface area (Å²) in [5.41, 5.74) is 0. The summed E-state index contributed by atoms with van der Waals surface area (Å²) in [5.74, 6) is -0.625. The fourth-order valence-corrected chi connectivity index (χ4v) is 9.85. The third kappa shape index (κ3) is 39.7. The first-order valence-corrected chi connectivity index (χ1v) is 30.8. The number of rotatable bonds is 53. The van der Waals surface area contributed by atoms with Crippen LogP contribution >= 0.6 is 0 Å². The summed E-state index contributed by atoms with van der Waals surface area (Å²) >= 11 is 0. The number of carbonyl (C=O) groups excluding carboxylic acids is 1. The van der Waals surface area contributed by atoms with Crippen molar-refractivity contribution in [2.45, 2.75) is 339 Å². The van der Waals surface area contributed by atoms with Crippen LogP contribution in [0.4, 0.5) is 0 Å². The van der Waals surface area contributed by atoms with Gasteiger partial charge in [0.15, 0.2) is 6.29 Å². The van der Waals surface area contributed by atoms with E-state index in [1.54, 1.807) is 6.08 Å². The summed E-state index contributed by atoms with van der Waals surface area (Å²) < 4.78 is 11.2. The van der Waals surface area contributed by atoms with Crippen molar-refractivity contribution < 1.29 is 44.9 Å². The number of aliphatic hydroxyl groups is 6. The summed E-state index contributed by atoms with van der Waals surface area (Å²) in [6.45, 7) is 3.62. The molecule has 0 aromatic heterocycles. The van der Waals surface area contributed by atoms with Crippen molar-refractivity contribution in [1.29, 1.82) is 0 Å². The third-order valence-corrected chi connectivity index (χ3v) is 14.8. The minimum atomic E-state index is -1.62. The summed E-state index contributed by atoms with van der Waals surface area (Å²) in [5, 5.41) is 65.0. The number of unbranched alkanes of at least 4 members (excludes halogenated alkanes) is 38. The summed E-state index contributed by atoms with van der Waals surface area (Å²) in [4.78, 5) is 13.1. The van der Waals surface area contributed by atoms with Gasteiger partial charge in [-0.2, -0.15) is 0 Å². The Balaban J connectivity index is 2.20. The van der Waals surface area contributed by atoms with Gasteiger partial charge in [0.05, 0.1) is 25.4 Å². The molecule has 10 nitrogen and oxygen atoms in total. The number of amides is 1. The number of carbonyl (C=O) groups is 1. The van der Waals surface area contributed by atoms with Crippen LogP contribution in [0.25, 0.3) is 0 Å². The number of hydrogen-bond acceptors (Lipinski definition) is 9. The van der Waals surface area contributed by atoms with Gasteiger partial charge in [0.2, 0.25) is 5.91 Å². The maximum atomic E-state index is 13.1. The number of hydrogen-bond donors (Lipinski definition) is 7. The number of allylic oxidation sites excluding steroid dienone is 5. The van der Waals surface area contributed by atoms with Gasteiger partial charge in [-0.25, -0.2) is 0 Å². The first kappa shape index (κ1) is 68.4. The van der Waals surface area contributed by atoms with Crippen molar-refractivity contribution in [2.24, 2.45) is 0 Å². The molecular formula is C62H117NO9. The maximum absolute atomic E-state index is 13.1. The van der Waals surface area contributed by atoms with Crippen LogP contribution in [0.15, 0.2) is 36.5 Å². The highest BCUT2D eigenvalue weighted by atomic mass is 16.7. The van der Waals surface area contributed by atoms with E-state index >= 15 is 0 Å². The lowest BCUT2D eigenvalue weighted by Crippen LogP contribution is -2.60. The Labute approximate surface area is 443 Å². The molecule has 0 aromatic carbocycles. The van der Waals surface area contributed by atoms with Crippen LogP contribution in [0, 0.1) is 0 Å². The average molecular weight is 1020 g/mol. The highest BCUT2D eigenvalue weighted by Gasteiger charge is 2.44. The summed E-state index contributed by atoms with van der Waals surface area (Å²) in [6.07, 6.45) is 57.0. The Hall–Kier alpha value is -1.63. The van der Waals surface area contributed by atoms with E-state index in [4.69, 9.17) is 9.47 Å². The molecule has 424 valence electrons. The molecule has 0 radical (unpaired) electrons. The zero-order chi connectivity index (χ0) is 52.4. The van der Waals surface area contributed by atoms with Crippen molar-refractivity contribution in [2.75, 3.05) is 13.2 Å². The molecule has 0 bridgehead atoms. The predicted octanol–water partition coefficient (Wildman–Crippen LogP) is 14.5. The molecule has 7 N–H and O–H groups in total. The Kier molecular flexibility index (Phi) is 48.9. The van der Waals surface area contributed by atoms with Crippen LogP contribution in [0.2, 0.25) is 0 Å². The van der Waals surface area contributed by atoms with Gasteiger partial charge in [-0.3, -0.25) is 4.79 Å². The Bertz CT molecular complexity index is 1240. The van der Waals surface area contributed by atoms with Crippen LogP contribution in [0.5, 0.6) is 0 Å². The zero-order valence-corrected chi connectivity index (χ0v) is 46.8. The van der Waals surface area contributed by atoms with E-state index in [-0.39, 0.29) is 6.61 Å². The lowest BCUT2D eigenvalue weighted by atomic mass is 9.99. The van der Waals surface area contributed by atoms with Crippen molar-refractivity contribution >= 4 is 5.91 Å². The van der Waals surface area contributed by atoms with E-state index < -0.39 is 61.5 Å². The van der Waals surface area contributed by atoms with Gasteiger partial charge in [-0.15, -0.1) is 0 Å². The normalized spacial score (nSPS) is 19.8. The minimum absolute atomic E-state index is 0.304. The standard InChI is InChI=1S/C62H117NO9/c1-3-5-7-9-11-13-15-17-19-21-22-23-24-25-26-27-28-29-30-31-32-33-35-37-39-41-43-45-47-49-51-56(66)61(70)63-54(53-71-62-60(69)59(68)58(67)57(52-64)72-62)55(65)50-48-46-44-42-40-38-36-34-20-18-16-14-12-10-8-6-4-2/h20,34,40,42,48,50,54-60,62,64-69H,3-19,21-33,35-39,41,43-47,49,51-53H2,1-2H3,(H,63,70)/b34-20+,42-40+,50-48+. The fraction of sp³-hybridized carbons (Fsp3) is 0.887. The summed E-state index contributed by atoms with van der Waals surface area (Å²) in [6, 6.07) is -1.00. The van der Waals surface area contributed by atoms with E-state index in [9.17, 15) is 35.4 Å². The Morgan fingerprint density at radius 2 is 0.819 bits per heavy atom. The second-order valence-corrected chi connectivity index (χ2v) is 21.6. The highest BCUT2D eigenvalue weighted by Crippen LogP contribution is 2.23. The van der Waals surface area contributed by atoms with E-state index in [1.165, 1.54) is 212 Å². The number of nitrogens with one attached hydrogen (secondary N) is 1. The van der Waals surface area contributed by atoms with E-state index in [0.717, 1.165) is 44.9 Å². The van der Waals surface area contributed by atoms with Crippen LogP contribution in [-0.2, 0) is 14.3 Å². The molecule has 0 aliphatic carbocycles. The lowest BCUT2D eigenvalue weighted by molar-refractivity contribution is -0.302. The molecule has 1 saturated heterocycles. The van der Waals surface area contributed by atoms with E-state index in [2.05, 4.69) is 43.5 Å². The van der Waals surface area contributed by atoms with Gasteiger partial charge in [0.1, 0.15) is 30.5 Å². The molecule has 0 spiro atoms. The lowest BCUT2D eigenvalue weighted by Gasteiger charge is -2.40. The van der Waals surface area contributed by atoms with Crippen molar-refractivity contribution in [3.05, 3.63) is 36.5 Å². The zero-order valence-electron chi connectivity index (χ0n) is 46.8. The van der Waals surface area contributed by atoms with Gasteiger partial charge >= 0.3 is 0 Å². The van der Waals surface area contributed by atoms with Gasteiger partial charge in [0, 0.05) is 0 Å². The van der Waals surface area contributed by atoms with Crippen LogP contribution in [0.1, 0.15) is 290 Å². The smallest absolute Gasteiger partial charge is 0.249 e. The van der Waals surface area contributed by atoms with E-state index in [0.29, 0.717) is 19.3 Å². The molecule has 0 saturated carbocycles. The molecule has 1 rings (SSSR count). The molecule has 1 amide bonds. The molecular weight excluding hydrogens is 903 g/mol. The maximum Gasteiger partial charge on any atom is 0.249 e. The molecule has 8 unspecified atom stereocenters. The number of ether oxygens (including phenoxy) is 2. The van der Waals surface area contributed by atoms with Gasteiger partial charge in [-0.05, 0) is 44.9 Å². The monoisotopic (exact) mass is 1020 g/mol. The first-order chi connectivity index (χ1) is 35.3. The van der Waals surface area contributed by atoms with Gasteiger partial charge < -0.3 is 45.4 Å². The average Bonchev–Trinajstić information content (AvgIpc) is 3.38. The minimum Gasteiger partial charge on any atom is -0.394 e. The fourth-order valence-electron chi connectivity index (χ4n) is 9.85. The second-order valence-electron chi connectivity index (χ2n) is 21.6. The third-order valence-electron chi connectivity index (χ3n) is 14.8. The SMILES string of the molecule is CCCCCCCCC/C=C/CC/C=C/CC/C=C/C(O)C(COC1OC(CO)C(O)C(O)C1O)NC(=O)C(O)CCCCCCCCCCCCCCCCCCCCCCCCCCCCCCCC. The topological polar surface area (TPSA) is 169 Å². The predicted molar refractivity (Wildman–Crippen MR) is 301 cm³/mol. The van der Waals surface area contributed by atoms with Crippen LogP contribution in [-0.4, -0.2) is 98.7 Å². The highest BCUT2D eigenvalue weighted by molar-refractivity contribution is 5.80. The van der Waals surface area contributed by atoms with Crippen molar-refractivity contribution in [3.8, 4) is 0 Å². The molecule has 10 heteroatoms. The van der Waals surface area contributed by atoms with Crippen molar-refractivity contribution in [1.82, 2.24) is 5.32 Å². The van der Waals surface area contributed by atoms with E-state index in [1.807, 2.05) is 6.08 Å². The Morgan fingerprint density at radius 1 is 0.472 bits per heavy atom. The first-order valence-electron chi connectivity index (χ1n) is 30.8. The van der Waals surface area contributed by atoms with Crippen molar-refractivity contribution in [3.63, 3.8) is 0 Å². The van der Waals surface area contributed by atoms with Gasteiger partial charge in [-0.1, -0.05) is 281 Å². The number of aliphatic hydroxyl groups excluding tert-OH is 6. The molecule has 1 fully saturated rings. The second kappa shape index (κ2) is 51.5. The molecule has 8 atom stereocenters. The summed E-state index contributed by atoms with van der Waals surface area (Å²) in [7, 11) is 0. The molecule has 1 aliphatic rings. The quantitative estimate of drug-likeness (QED) is 0.0232. The van der Waals surface area contributed by atoms with Gasteiger partial charge in [0.25, 0.3) is 0 Å². The molecule has 1 heterocycles. The molecule has 1 aliphatic heterocycles. The largest absolute Gasteiger partial charge is 0.394 e. The molecule has 72 heavy (non-hydrogen) atoms. The Morgan fingerprint density at radius 3 is 1.21 bits per heavy atom. The molecule has 0 aromatic rings. The van der Waals surface area contributed by atoms with Crippen LogP contribution < -0.4 is 5.32 Å².